The Bertz CT molecular complexity index is 392. The molecule has 0 saturated carbocycles. The number of hydrogen-bond acceptors (Lipinski definition) is 5. The van der Waals surface area contributed by atoms with Gasteiger partial charge >= 0.3 is 12.0 Å². The first-order valence-corrected chi connectivity index (χ1v) is 6.88. The van der Waals surface area contributed by atoms with Crippen molar-refractivity contribution in [3.63, 3.8) is 0 Å². The Balaban J connectivity index is 2.07. The highest BCUT2D eigenvalue weighted by atomic mass is 16.5. The van der Waals surface area contributed by atoms with Crippen LogP contribution >= 0.6 is 0 Å². The fourth-order valence-electron chi connectivity index (χ4n) is 2.95. The van der Waals surface area contributed by atoms with Gasteiger partial charge in [-0.15, -0.1) is 0 Å². The lowest BCUT2D eigenvalue weighted by molar-refractivity contribution is -0.141. The molecule has 2 aliphatic rings. The van der Waals surface area contributed by atoms with Crippen molar-refractivity contribution in [1.29, 1.82) is 0 Å². The van der Waals surface area contributed by atoms with Gasteiger partial charge < -0.3 is 29.1 Å². The minimum absolute atomic E-state index is 0.192. The maximum atomic E-state index is 12.6. The largest absolute Gasteiger partial charge is 0.480 e. The number of likely N-dealkylation sites (tertiary alicyclic amines) is 2. The first-order chi connectivity index (χ1) is 10.0. The average molecular weight is 302 g/mol. The van der Waals surface area contributed by atoms with Gasteiger partial charge in [-0.3, -0.25) is 0 Å². The minimum atomic E-state index is -1.01. The van der Waals surface area contributed by atoms with E-state index in [1.807, 2.05) is 0 Å². The number of hydrogen-bond donors (Lipinski definition) is 1. The number of nitrogens with zero attached hydrogens (tertiary/aromatic N) is 2. The van der Waals surface area contributed by atoms with Crippen LogP contribution in [0, 0.1) is 0 Å². The van der Waals surface area contributed by atoms with Gasteiger partial charge in [0, 0.05) is 34.3 Å². The molecule has 4 atom stereocenters. The number of urea groups is 1. The summed E-state index contributed by atoms with van der Waals surface area (Å²) < 4.78 is 15.8. The highest BCUT2D eigenvalue weighted by molar-refractivity contribution is 5.83. The van der Waals surface area contributed by atoms with Gasteiger partial charge in [0.1, 0.15) is 18.2 Å². The quantitative estimate of drug-likeness (QED) is 0.762. The van der Waals surface area contributed by atoms with Crippen molar-refractivity contribution in [2.24, 2.45) is 0 Å². The van der Waals surface area contributed by atoms with Gasteiger partial charge in [0.25, 0.3) is 0 Å². The average Bonchev–Trinajstić information content (AvgIpc) is 3.09. The number of carboxylic acids is 1. The van der Waals surface area contributed by atoms with E-state index in [0.29, 0.717) is 19.5 Å². The molecule has 1 N–H and O–H groups in total. The van der Waals surface area contributed by atoms with E-state index >= 15 is 0 Å². The predicted molar refractivity (Wildman–Crippen MR) is 72.1 cm³/mol. The molecule has 2 rings (SSSR count). The number of carbonyl (C=O) groups is 2. The Hall–Kier alpha value is -1.38. The summed E-state index contributed by atoms with van der Waals surface area (Å²) in [5.74, 6) is -1.01. The van der Waals surface area contributed by atoms with Crippen LogP contribution in [0.25, 0.3) is 0 Å². The van der Waals surface area contributed by atoms with Gasteiger partial charge in [-0.2, -0.15) is 0 Å². The van der Waals surface area contributed by atoms with Crippen molar-refractivity contribution in [1.82, 2.24) is 9.80 Å². The van der Waals surface area contributed by atoms with E-state index < -0.39 is 12.0 Å². The first-order valence-electron chi connectivity index (χ1n) is 6.88. The molecule has 0 bridgehead atoms. The third-order valence-electron chi connectivity index (χ3n) is 4.22. The van der Waals surface area contributed by atoms with Gasteiger partial charge in [0.15, 0.2) is 0 Å². The van der Waals surface area contributed by atoms with Crippen molar-refractivity contribution in [3.8, 4) is 0 Å². The number of carboxylic acid groups (broad SMARTS) is 1. The van der Waals surface area contributed by atoms with E-state index in [0.717, 1.165) is 0 Å². The Morgan fingerprint density at radius 3 is 2.00 bits per heavy atom. The van der Waals surface area contributed by atoms with Crippen LogP contribution in [0.3, 0.4) is 0 Å². The van der Waals surface area contributed by atoms with Crippen LogP contribution in [0.2, 0.25) is 0 Å². The van der Waals surface area contributed by atoms with Crippen LogP contribution in [0.4, 0.5) is 4.79 Å². The summed E-state index contributed by atoms with van der Waals surface area (Å²) in [5.41, 5.74) is 0. The van der Waals surface area contributed by atoms with E-state index in [1.54, 1.807) is 19.1 Å². The molecule has 2 aliphatic heterocycles. The van der Waals surface area contributed by atoms with Crippen molar-refractivity contribution < 1.29 is 28.9 Å². The molecule has 0 aromatic heterocycles. The Kier molecular flexibility index (Phi) is 5.02. The maximum Gasteiger partial charge on any atom is 0.326 e. The monoisotopic (exact) mass is 302 g/mol. The van der Waals surface area contributed by atoms with Gasteiger partial charge in [0.2, 0.25) is 0 Å². The van der Waals surface area contributed by atoms with Crippen molar-refractivity contribution >= 4 is 12.0 Å². The number of rotatable bonds is 4. The second-order valence-corrected chi connectivity index (χ2v) is 5.34. The highest BCUT2D eigenvalue weighted by Crippen LogP contribution is 2.24. The summed E-state index contributed by atoms with van der Waals surface area (Å²) in [7, 11) is 4.67. The Morgan fingerprint density at radius 1 is 1.00 bits per heavy atom. The van der Waals surface area contributed by atoms with Crippen LogP contribution < -0.4 is 0 Å². The normalized spacial score (nSPS) is 32.7. The third kappa shape index (κ3) is 3.12. The SMILES string of the molecule is COC1CC(C(=O)O)N(C(=O)N2CC(OC)C(OC)C2)C1. The second kappa shape index (κ2) is 6.59. The molecule has 8 nitrogen and oxygen atoms in total. The molecule has 2 fully saturated rings. The second-order valence-electron chi connectivity index (χ2n) is 5.34. The molecule has 2 heterocycles. The van der Waals surface area contributed by atoms with E-state index in [4.69, 9.17) is 14.2 Å². The van der Waals surface area contributed by atoms with E-state index in [9.17, 15) is 14.7 Å². The van der Waals surface area contributed by atoms with Gasteiger partial charge in [0.05, 0.1) is 19.2 Å². The summed E-state index contributed by atoms with van der Waals surface area (Å²) >= 11 is 0. The third-order valence-corrected chi connectivity index (χ3v) is 4.22. The molecule has 0 aromatic rings. The molecule has 2 saturated heterocycles. The molecular weight excluding hydrogens is 280 g/mol. The van der Waals surface area contributed by atoms with E-state index in [-0.39, 0.29) is 30.9 Å². The number of ether oxygens (including phenoxy) is 3. The van der Waals surface area contributed by atoms with Crippen LogP contribution in [0.5, 0.6) is 0 Å². The molecule has 0 aromatic carbocycles. The van der Waals surface area contributed by atoms with Crippen LogP contribution in [0.15, 0.2) is 0 Å². The van der Waals surface area contributed by atoms with Gasteiger partial charge in [-0.05, 0) is 0 Å². The van der Waals surface area contributed by atoms with Crippen LogP contribution in [-0.2, 0) is 19.0 Å². The summed E-state index contributed by atoms with van der Waals surface area (Å²) in [6, 6.07) is -1.14. The molecule has 0 spiro atoms. The minimum Gasteiger partial charge on any atom is -0.480 e. The molecule has 21 heavy (non-hydrogen) atoms. The number of methoxy groups -OCH3 is 3. The highest BCUT2D eigenvalue weighted by Gasteiger charge is 2.44. The molecular formula is C13H22N2O6. The fraction of sp³-hybridized carbons (Fsp3) is 0.846. The standard InChI is InChI=1S/C13H22N2O6/c1-19-8-4-9(12(16)17)15(5-8)13(18)14-6-10(20-2)11(7-14)21-3/h8-11H,4-7H2,1-3H3,(H,16,17). The topological polar surface area (TPSA) is 88.5 Å². The molecule has 4 unspecified atom stereocenters. The van der Waals surface area contributed by atoms with E-state index in [2.05, 4.69) is 0 Å². The smallest absolute Gasteiger partial charge is 0.326 e. The van der Waals surface area contributed by atoms with Crippen molar-refractivity contribution in [2.75, 3.05) is 41.0 Å². The van der Waals surface area contributed by atoms with E-state index in [1.165, 1.54) is 12.0 Å². The predicted octanol–water partition coefficient (Wildman–Crippen LogP) is -0.374. The summed E-state index contributed by atoms with van der Waals surface area (Å²) in [4.78, 5) is 26.8. The van der Waals surface area contributed by atoms with Crippen LogP contribution in [-0.4, -0.2) is 92.2 Å². The molecule has 120 valence electrons. The summed E-state index contributed by atoms with van der Waals surface area (Å²) in [6.45, 7) is 1.08. The van der Waals surface area contributed by atoms with Crippen molar-refractivity contribution in [2.45, 2.75) is 30.8 Å². The number of carbonyl (C=O) groups excluding carboxylic acids is 1. The lowest BCUT2D eigenvalue weighted by atomic mass is 10.2. The number of amides is 2. The zero-order valence-electron chi connectivity index (χ0n) is 12.5. The van der Waals surface area contributed by atoms with Gasteiger partial charge in [-0.1, -0.05) is 0 Å². The Morgan fingerprint density at radius 2 is 1.57 bits per heavy atom. The zero-order chi connectivity index (χ0) is 15.6. The zero-order valence-corrected chi connectivity index (χ0v) is 12.5. The summed E-state index contributed by atoms with van der Waals surface area (Å²) in [5, 5.41) is 9.27. The lowest BCUT2D eigenvalue weighted by Crippen LogP contribution is -2.47. The fourth-order valence-corrected chi connectivity index (χ4v) is 2.95. The number of aliphatic carboxylic acids is 1. The molecule has 8 heteroatoms. The molecule has 2 amide bonds. The Labute approximate surface area is 123 Å². The van der Waals surface area contributed by atoms with Gasteiger partial charge in [-0.25, -0.2) is 9.59 Å². The van der Waals surface area contributed by atoms with Crippen LogP contribution in [0.1, 0.15) is 6.42 Å². The molecule has 0 radical (unpaired) electrons. The maximum absolute atomic E-state index is 12.6. The lowest BCUT2D eigenvalue weighted by Gasteiger charge is -2.27. The van der Waals surface area contributed by atoms with Crippen molar-refractivity contribution in [3.05, 3.63) is 0 Å². The molecule has 0 aliphatic carbocycles. The summed E-state index contributed by atoms with van der Waals surface area (Å²) in [6.07, 6.45) is -0.312. The first kappa shape index (κ1) is 16.0.